The van der Waals surface area contributed by atoms with E-state index in [2.05, 4.69) is 4.74 Å². The number of Topliss-reactive ketones (excluding diaryl/α,β-unsaturated/α-hetero) is 1. The van der Waals surface area contributed by atoms with Gasteiger partial charge in [0.1, 0.15) is 17.6 Å². The number of carbonyl (C=O) groups excluding carboxylic acids is 1. The predicted octanol–water partition coefficient (Wildman–Crippen LogP) is 7.70. The van der Waals surface area contributed by atoms with E-state index >= 15 is 0 Å². The third-order valence-corrected chi connectivity index (χ3v) is 8.11. The summed E-state index contributed by atoms with van der Waals surface area (Å²) in [5.74, 6) is -1.56. The highest BCUT2D eigenvalue weighted by molar-refractivity contribution is 7.99. The number of thioether (sulfide) groups is 1. The smallest absolute Gasteiger partial charge is 0.416 e. The molecule has 4 nitrogen and oxygen atoms in total. The van der Waals surface area contributed by atoms with Crippen molar-refractivity contribution in [3.05, 3.63) is 117 Å². The Morgan fingerprint density at radius 2 is 1.73 bits per heavy atom. The largest absolute Gasteiger partial charge is 0.435 e. The fourth-order valence-electron chi connectivity index (χ4n) is 5.05. The van der Waals surface area contributed by atoms with Crippen LogP contribution in [-0.2, 0) is 12.6 Å². The van der Waals surface area contributed by atoms with Crippen LogP contribution in [0, 0.1) is 12.7 Å². The molecule has 1 aliphatic heterocycles. The summed E-state index contributed by atoms with van der Waals surface area (Å²) in [4.78, 5) is 27.5. The normalized spacial score (nSPS) is 14.8. The first-order valence-electron chi connectivity index (χ1n) is 12.4. The van der Waals surface area contributed by atoms with Gasteiger partial charge in [-0.05, 0) is 47.9 Å². The van der Waals surface area contributed by atoms with Crippen molar-refractivity contribution in [1.29, 1.82) is 0 Å². The molecule has 5 rings (SSSR count). The van der Waals surface area contributed by atoms with Crippen molar-refractivity contribution in [3.63, 3.8) is 0 Å². The Balaban J connectivity index is 1.75. The average Bonchev–Trinajstić information content (AvgIpc) is 3.36. The number of ether oxygens (including phenoxy) is 1. The Morgan fingerprint density at radius 3 is 2.41 bits per heavy atom. The Hall–Kier alpha value is -3.99. The molecule has 0 spiro atoms. The molecule has 1 aromatic heterocycles. The number of hydrogen-bond acceptors (Lipinski definition) is 4. The molecule has 3 aromatic carbocycles. The van der Waals surface area contributed by atoms with Crippen molar-refractivity contribution in [2.45, 2.75) is 37.2 Å². The van der Waals surface area contributed by atoms with E-state index in [1.807, 2.05) is 0 Å². The molecule has 0 radical (unpaired) electrons. The molecule has 0 aliphatic carbocycles. The van der Waals surface area contributed by atoms with Crippen molar-refractivity contribution >= 4 is 17.5 Å². The summed E-state index contributed by atoms with van der Waals surface area (Å²) >= 11 is 1.12. The number of aromatic nitrogens is 1. The van der Waals surface area contributed by atoms with Gasteiger partial charge in [0.05, 0.1) is 16.2 Å². The molecule has 2 heterocycles. The number of ketones is 1. The standard InChI is InChI=1S/C30H21F6NO3S/c1-16-20(14-21-22(30(34,35)36)11-6-12-23(21)31)28-37(24(15-41-28)26(38)17-7-3-2-4-8-17)27(39)25(16)18-9-5-10-19(13-18)40-29(32)33/h2-13,24,29H,14-15H2,1H3. The van der Waals surface area contributed by atoms with Crippen molar-refractivity contribution < 1.29 is 35.9 Å². The molecule has 1 aliphatic rings. The number of carbonyl (C=O) groups is 1. The van der Waals surface area contributed by atoms with Gasteiger partial charge in [-0.1, -0.05) is 48.5 Å². The maximum atomic E-state index is 14.9. The Labute approximate surface area is 234 Å². The van der Waals surface area contributed by atoms with Crippen LogP contribution in [0.15, 0.2) is 82.6 Å². The second-order valence-corrected chi connectivity index (χ2v) is 10.4. The van der Waals surface area contributed by atoms with Crippen LogP contribution >= 0.6 is 11.8 Å². The lowest BCUT2D eigenvalue weighted by atomic mass is 9.92. The number of benzene rings is 3. The highest BCUT2D eigenvalue weighted by atomic mass is 32.2. The van der Waals surface area contributed by atoms with Gasteiger partial charge < -0.3 is 4.74 Å². The molecule has 1 unspecified atom stereocenters. The van der Waals surface area contributed by atoms with Gasteiger partial charge in [-0.3, -0.25) is 14.2 Å². The van der Waals surface area contributed by atoms with E-state index in [0.29, 0.717) is 5.56 Å². The van der Waals surface area contributed by atoms with E-state index in [9.17, 15) is 35.9 Å². The zero-order valence-electron chi connectivity index (χ0n) is 21.3. The maximum absolute atomic E-state index is 14.9. The minimum atomic E-state index is -4.84. The summed E-state index contributed by atoms with van der Waals surface area (Å²) in [7, 11) is 0. The molecule has 0 N–H and O–H groups in total. The predicted molar refractivity (Wildman–Crippen MR) is 142 cm³/mol. The monoisotopic (exact) mass is 589 g/mol. The minimum Gasteiger partial charge on any atom is -0.435 e. The first-order chi connectivity index (χ1) is 19.5. The van der Waals surface area contributed by atoms with E-state index in [1.165, 1.54) is 35.8 Å². The Kier molecular flexibility index (Phi) is 7.74. The van der Waals surface area contributed by atoms with Gasteiger partial charge in [-0.15, -0.1) is 11.8 Å². The number of nitrogens with zero attached hydrogens (tertiary/aromatic N) is 1. The summed E-state index contributed by atoms with van der Waals surface area (Å²) in [6, 6.07) is 15.3. The maximum Gasteiger partial charge on any atom is 0.416 e. The van der Waals surface area contributed by atoms with Crippen molar-refractivity contribution in [3.8, 4) is 16.9 Å². The van der Waals surface area contributed by atoms with Gasteiger partial charge >= 0.3 is 12.8 Å². The number of halogens is 6. The van der Waals surface area contributed by atoms with E-state index in [1.54, 1.807) is 30.3 Å². The number of pyridine rings is 1. The topological polar surface area (TPSA) is 48.3 Å². The molecule has 0 fully saturated rings. The lowest BCUT2D eigenvalue weighted by Gasteiger charge is -2.21. The van der Waals surface area contributed by atoms with Gasteiger partial charge in [-0.2, -0.15) is 22.0 Å². The van der Waals surface area contributed by atoms with Crippen molar-refractivity contribution in [2.24, 2.45) is 0 Å². The Bertz CT molecular complexity index is 1680. The fraction of sp³-hybridized carbons (Fsp3) is 0.200. The second-order valence-electron chi connectivity index (χ2n) is 9.36. The summed E-state index contributed by atoms with van der Waals surface area (Å²) < 4.78 is 88.1. The highest BCUT2D eigenvalue weighted by Gasteiger charge is 2.38. The highest BCUT2D eigenvalue weighted by Crippen LogP contribution is 2.42. The second kappa shape index (κ2) is 11.1. The summed E-state index contributed by atoms with van der Waals surface area (Å²) in [6.45, 7) is -1.62. The lowest BCUT2D eigenvalue weighted by molar-refractivity contribution is -0.138. The van der Waals surface area contributed by atoms with Crippen LogP contribution in [0.25, 0.3) is 11.1 Å². The van der Waals surface area contributed by atoms with Crippen molar-refractivity contribution in [1.82, 2.24) is 4.57 Å². The number of fused-ring (bicyclic) bond motifs is 1. The third kappa shape index (κ3) is 5.50. The molecule has 11 heteroatoms. The van der Waals surface area contributed by atoms with Gasteiger partial charge in [-0.25, -0.2) is 4.39 Å². The molecular formula is C30H21F6NO3S. The minimum absolute atomic E-state index is 0.0123. The van der Waals surface area contributed by atoms with Crippen LogP contribution in [0.2, 0.25) is 0 Å². The first-order valence-corrected chi connectivity index (χ1v) is 13.4. The summed E-state index contributed by atoms with van der Waals surface area (Å²) in [5, 5.41) is 0.252. The molecule has 212 valence electrons. The molecular weight excluding hydrogens is 568 g/mol. The Morgan fingerprint density at radius 1 is 1.02 bits per heavy atom. The lowest BCUT2D eigenvalue weighted by Crippen LogP contribution is -2.31. The SMILES string of the molecule is Cc1c(Cc2c(F)cccc2C(F)(F)F)c2n(c(=O)c1-c1cccc(OC(F)F)c1)C(C(=O)c1ccccc1)CS2. The van der Waals surface area contributed by atoms with Gasteiger partial charge in [0.15, 0.2) is 5.78 Å². The van der Waals surface area contributed by atoms with E-state index in [4.69, 9.17) is 0 Å². The molecule has 0 amide bonds. The number of rotatable bonds is 7. The number of hydrogen-bond donors (Lipinski definition) is 0. The zero-order valence-corrected chi connectivity index (χ0v) is 22.2. The first kappa shape index (κ1) is 28.5. The van der Waals surface area contributed by atoms with Gasteiger partial charge in [0.25, 0.3) is 5.56 Å². The van der Waals surface area contributed by atoms with E-state index in [0.717, 1.165) is 30.0 Å². The molecule has 1 atom stereocenters. The molecule has 41 heavy (non-hydrogen) atoms. The zero-order chi connectivity index (χ0) is 29.5. The van der Waals surface area contributed by atoms with Crippen LogP contribution in [0.1, 0.15) is 38.7 Å². The van der Waals surface area contributed by atoms with Crippen LogP contribution in [0.3, 0.4) is 0 Å². The molecule has 4 aromatic rings. The van der Waals surface area contributed by atoms with E-state index in [-0.39, 0.29) is 44.6 Å². The summed E-state index contributed by atoms with van der Waals surface area (Å²) in [6.07, 6.45) is -5.37. The molecule has 0 bridgehead atoms. The summed E-state index contributed by atoms with van der Waals surface area (Å²) in [5.41, 5.74) is -1.44. The quantitative estimate of drug-likeness (QED) is 0.164. The fourth-order valence-corrected chi connectivity index (χ4v) is 6.41. The number of alkyl halides is 5. The average molecular weight is 590 g/mol. The van der Waals surface area contributed by atoms with Gasteiger partial charge in [0, 0.05) is 23.3 Å². The van der Waals surface area contributed by atoms with Crippen LogP contribution in [0.5, 0.6) is 5.75 Å². The van der Waals surface area contributed by atoms with Crippen LogP contribution in [-0.4, -0.2) is 22.7 Å². The van der Waals surface area contributed by atoms with E-state index < -0.39 is 47.8 Å². The van der Waals surface area contributed by atoms with Gasteiger partial charge in [0.2, 0.25) is 0 Å². The molecule has 0 saturated carbocycles. The van der Waals surface area contributed by atoms with Crippen LogP contribution in [0.4, 0.5) is 26.3 Å². The third-order valence-electron chi connectivity index (χ3n) is 6.91. The van der Waals surface area contributed by atoms with Crippen molar-refractivity contribution in [2.75, 3.05) is 5.75 Å². The molecule has 0 saturated heterocycles. The van der Waals surface area contributed by atoms with Crippen LogP contribution < -0.4 is 10.3 Å².